The molecule has 2 amide bonds. The monoisotopic (exact) mass is 312 g/mol. The smallest absolute Gasteiger partial charge is 0.251 e. The Balaban J connectivity index is 1.69. The van der Waals surface area contributed by atoms with Gasteiger partial charge in [0.2, 0.25) is 5.91 Å². The third kappa shape index (κ3) is 3.28. The zero-order chi connectivity index (χ0) is 16.4. The molecule has 2 aromatic rings. The number of carbonyl (C=O) groups is 2. The maximum atomic E-state index is 12.4. The molecule has 0 saturated heterocycles. The lowest BCUT2D eigenvalue weighted by Gasteiger charge is -2.10. The van der Waals surface area contributed by atoms with E-state index in [0.29, 0.717) is 17.8 Å². The molecular weight excluding hydrogens is 292 g/mol. The summed E-state index contributed by atoms with van der Waals surface area (Å²) < 4.78 is 5.36. The van der Waals surface area contributed by atoms with Crippen molar-refractivity contribution in [2.24, 2.45) is 5.92 Å². The summed E-state index contributed by atoms with van der Waals surface area (Å²) in [6, 6.07) is 9.07. The van der Waals surface area contributed by atoms with Gasteiger partial charge in [-0.3, -0.25) is 9.59 Å². The maximum Gasteiger partial charge on any atom is 0.251 e. The van der Waals surface area contributed by atoms with E-state index in [9.17, 15) is 9.59 Å². The highest BCUT2D eigenvalue weighted by Crippen LogP contribution is 2.48. The number of rotatable bonds is 5. The molecule has 3 rings (SSSR count). The first-order chi connectivity index (χ1) is 11.1. The van der Waals surface area contributed by atoms with Crippen molar-refractivity contribution >= 4 is 17.5 Å². The first kappa shape index (κ1) is 15.3. The van der Waals surface area contributed by atoms with Crippen LogP contribution < -0.4 is 10.6 Å². The summed E-state index contributed by atoms with van der Waals surface area (Å²) in [5.74, 6) is 0.800. The van der Waals surface area contributed by atoms with Crippen LogP contribution in [0.5, 0.6) is 0 Å². The molecule has 5 heteroatoms. The van der Waals surface area contributed by atoms with E-state index in [4.69, 9.17) is 4.42 Å². The minimum atomic E-state index is -0.136. The SMILES string of the molecule is CCNC(=O)c1ccc(C)c(NC(=O)C2CC2c2ccco2)c1. The normalized spacial score (nSPS) is 19.2. The summed E-state index contributed by atoms with van der Waals surface area (Å²) >= 11 is 0. The van der Waals surface area contributed by atoms with Crippen LogP contribution in [0.25, 0.3) is 0 Å². The van der Waals surface area contributed by atoms with E-state index in [2.05, 4.69) is 10.6 Å². The molecule has 1 aromatic carbocycles. The second-order valence-corrected chi connectivity index (χ2v) is 5.84. The Labute approximate surface area is 135 Å². The molecule has 1 aliphatic carbocycles. The Morgan fingerprint density at radius 1 is 1.30 bits per heavy atom. The zero-order valence-electron chi connectivity index (χ0n) is 13.3. The maximum absolute atomic E-state index is 12.4. The summed E-state index contributed by atoms with van der Waals surface area (Å²) in [6.07, 6.45) is 2.43. The van der Waals surface area contributed by atoms with Crippen LogP contribution in [0, 0.1) is 12.8 Å². The molecule has 5 nitrogen and oxygen atoms in total. The van der Waals surface area contributed by atoms with Crippen LogP contribution in [0.1, 0.15) is 40.9 Å². The standard InChI is InChI=1S/C18H20N2O3/c1-3-19-17(21)12-7-6-11(2)15(9-12)20-18(22)14-10-13(14)16-5-4-8-23-16/h4-9,13-14H,3,10H2,1-2H3,(H,19,21)(H,20,22). The molecule has 0 radical (unpaired) electrons. The summed E-state index contributed by atoms with van der Waals surface area (Å²) in [4.78, 5) is 24.3. The number of aryl methyl sites for hydroxylation is 1. The van der Waals surface area contributed by atoms with E-state index >= 15 is 0 Å². The van der Waals surface area contributed by atoms with Crippen molar-refractivity contribution in [3.05, 3.63) is 53.5 Å². The topological polar surface area (TPSA) is 71.3 Å². The first-order valence-electron chi connectivity index (χ1n) is 7.83. The Bertz CT molecular complexity index is 722. The van der Waals surface area contributed by atoms with E-state index in [1.807, 2.05) is 32.0 Å². The van der Waals surface area contributed by atoms with Crippen LogP contribution >= 0.6 is 0 Å². The van der Waals surface area contributed by atoms with Crippen molar-refractivity contribution in [1.29, 1.82) is 0 Å². The van der Waals surface area contributed by atoms with E-state index in [-0.39, 0.29) is 23.7 Å². The van der Waals surface area contributed by atoms with E-state index in [1.54, 1.807) is 18.4 Å². The van der Waals surface area contributed by atoms with Crippen molar-refractivity contribution in [3.63, 3.8) is 0 Å². The van der Waals surface area contributed by atoms with Gasteiger partial charge in [-0.25, -0.2) is 0 Å². The average molecular weight is 312 g/mol. The molecular formula is C18H20N2O3. The molecule has 2 unspecified atom stereocenters. The van der Waals surface area contributed by atoms with E-state index < -0.39 is 0 Å². The highest BCUT2D eigenvalue weighted by Gasteiger charge is 2.45. The number of hydrogen-bond donors (Lipinski definition) is 2. The number of hydrogen-bond acceptors (Lipinski definition) is 3. The van der Waals surface area contributed by atoms with Gasteiger partial charge >= 0.3 is 0 Å². The lowest BCUT2D eigenvalue weighted by molar-refractivity contribution is -0.117. The van der Waals surface area contributed by atoms with Gasteiger partial charge in [-0.05, 0) is 50.1 Å². The molecule has 0 spiro atoms. The van der Waals surface area contributed by atoms with E-state index in [0.717, 1.165) is 17.7 Å². The van der Waals surface area contributed by atoms with Crippen LogP contribution in [-0.2, 0) is 4.79 Å². The van der Waals surface area contributed by atoms with Crippen LogP contribution in [-0.4, -0.2) is 18.4 Å². The third-order valence-corrected chi connectivity index (χ3v) is 4.13. The zero-order valence-corrected chi connectivity index (χ0v) is 13.3. The fourth-order valence-electron chi connectivity index (χ4n) is 2.69. The molecule has 1 aliphatic rings. The number of amides is 2. The van der Waals surface area contributed by atoms with E-state index in [1.165, 1.54) is 0 Å². The predicted molar refractivity (Wildman–Crippen MR) is 87.4 cm³/mol. The molecule has 23 heavy (non-hydrogen) atoms. The number of nitrogens with one attached hydrogen (secondary N) is 2. The second-order valence-electron chi connectivity index (χ2n) is 5.84. The van der Waals surface area contributed by atoms with Crippen LogP contribution in [0.15, 0.2) is 41.0 Å². The lowest BCUT2D eigenvalue weighted by Crippen LogP contribution is -2.23. The highest BCUT2D eigenvalue weighted by molar-refractivity contribution is 5.99. The first-order valence-corrected chi connectivity index (χ1v) is 7.83. The largest absolute Gasteiger partial charge is 0.469 e. The molecule has 0 aliphatic heterocycles. The number of furan rings is 1. The summed E-state index contributed by atoms with van der Waals surface area (Å²) in [5, 5.41) is 5.70. The van der Waals surface area contributed by atoms with Gasteiger partial charge in [0.25, 0.3) is 5.91 Å². The quantitative estimate of drug-likeness (QED) is 0.891. The van der Waals surface area contributed by atoms with Gasteiger partial charge in [0.1, 0.15) is 5.76 Å². The molecule has 0 bridgehead atoms. The minimum Gasteiger partial charge on any atom is -0.469 e. The van der Waals surface area contributed by atoms with Crippen LogP contribution in [0.2, 0.25) is 0 Å². The molecule has 2 atom stereocenters. The number of anilines is 1. The summed E-state index contributed by atoms with van der Waals surface area (Å²) in [7, 11) is 0. The molecule has 1 saturated carbocycles. The van der Waals surface area contributed by atoms with Gasteiger partial charge < -0.3 is 15.1 Å². The van der Waals surface area contributed by atoms with Crippen molar-refractivity contribution < 1.29 is 14.0 Å². The van der Waals surface area contributed by atoms with Crippen molar-refractivity contribution in [1.82, 2.24) is 5.32 Å². The van der Waals surface area contributed by atoms with Gasteiger partial charge in [0.15, 0.2) is 0 Å². The van der Waals surface area contributed by atoms with Crippen molar-refractivity contribution in [3.8, 4) is 0 Å². The van der Waals surface area contributed by atoms with Crippen LogP contribution in [0.4, 0.5) is 5.69 Å². The van der Waals surface area contributed by atoms with Gasteiger partial charge in [-0.2, -0.15) is 0 Å². The Hall–Kier alpha value is -2.56. The van der Waals surface area contributed by atoms with Crippen molar-refractivity contribution in [2.45, 2.75) is 26.2 Å². The molecule has 1 fully saturated rings. The highest BCUT2D eigenvalue weighted by atomic mass is 16.3. The van der Waals surface area contributed by atoms with Crippen LogP contribution in [0.3, 0.4) is 0 Å². The van der Waals surface area contributed by atoms with Crippen molar-refractivity contribution in [2.75, 3.05) is 11.9 Å². The number of benzene rings is 1. The van der Waals surface area contributed by atoms with Gasteiger partial charge in [-0.15, -0.1) is 0 Å². The van der Waals surface area contributed by atoms with Gasteiger partial charge in [0.05, 0.1) is 6.26 Å². The average Bonchev–Trinajstić information content (AvgIpc) is 3.15. The molecule has 2 N–H and O–H groups in total. The lowest BCUT2D eigenvalue weighted by atomic mass is 10.1. The number of carbonyl (C=O) groups excluding carboxylic acids is 2. The fourth-order valence-corrected chi connectivity index (χ4v) is 2.69. The molecule has 1 heterocycles. The fraction of sp³-hybridized carbons (Fsp3) is 0.333. The predicted octanol–water partition coefficient (Wildman–Crippen LogP) is 3.08. The minimum absolute atomic E-state index is 0.0254. The van der Waals surface area contributed by atoms with Gasteiger partial charge in [0, 0.05) is 29.6 Å². The molecule has 120 valence electrons. The Morgan fingerprint density at radius 3 is 2.83 bits per heavy atom. The second kappa shape index (κ2) is 6.28. The third-order valence-electron chi connectivity index (χ3n) is 4.13. The summed E-state index contributed by atoms with van der Waals surface area (Å²) in [5.41, 5.74) is 2.16. The Kier molecular flexibility index (Phi) is 4.19. The summed E-state index contributed by atoms with van der Waals surface area (Å²) in [6.45, 7) is 4.35. The molecule has 1 aromatic heterocycles. The Morgan fingerprint density at radius 2 is 2.13 bits per heavy atom. The van der Waals surface area contributed by atoms with Gasteiger partial charge in [-0.1, -0.05) is 6.07 Å².